The predicted octanol–water partition coefficient (Wildman–Crippen LogP) is 4.32. The third-order valence-corrected chi connectivity index (χ3v) is 5.77. The molecule has 0 bridgehead atoms. The summed E-state index contributed by atoms with van der Waals surface area (Å²) in [7, 11) is 1.53. The fraction of sp³-hybridized carbons (Fsp3) is 0.125. The lowest BCUT2D eigenvalue weighted by atomic mass is 10.2. The van der Waals surface area contributed by atoms with Gasteiger partial charge in [-0.05, 0) is 42.0 Å². The van der Waals surface area contributed by atoms with Crippen LogP contribution in [0.1, 0.15) is 5.56 Å². The molecule has 0 aliphatic rings. The quantitative estimate of drug-likeness (QED) is 0.336. The van der Waals surface area contributed by atoms with Gasteiger partial charge >= 0.3 is 0 Å². The lowest BCUT2D eigenvalue weighted by Gasteiger charge is -2.14. The standard InChI is InChI=1S/C24H20FN3O3S/c1-31-21-9-5-4-8-20(21)26-22(29)15-32-24-27-19-7-3-2-6-18(19)23(30)28(24)14-16-10-12-17(25)13-11-16/h2-13H,14-15H2,1H3,(H,26,29). The Balaban J connectivity index is 1.61. The van der Waals surface area contributed by atoms with Crippen molar-refractivity contribution in [2.24, 2.45) is 0 Å². The van der Waals surface area contributed by atoms with Gasteiger partial charge < -0.3 is 10.1 Å². The summed E-state index contributed by atoms with van der Waals surface area (Å²) in [5, 5.41) is 3.71. The highest BCUT2D eigenvalue weighted by atomic mass is 32.2. The van der Waals surface area contributed by atoms with Gasteiger partial charge in [-0.15, -0.1) is 0 Å². The summed E-state index contributed by atoms with van der Waals surface area (Å²) >= 11 is 1.16. The van der Waals surface area contributed by atoms with Crippen LogP contribution in [0.4, 0.5) is 10.1 Å². The SMILES string of the molecule is COc1ccccc1NC(=O)CSc1nc2ccccc2c(=O)n1Cc1ccc(F)cc1. The molecule has 1 amide bonds. The van der Waals surface area contributed by atoms with Crippen LogP contribution < -0.4 is 15.6 Å². The van der Waals surface area contributed by atoms with Gasteiger partial charge in [0.25, 0.3) is 5.56 Å². The number of aromatic nitrogens is 2. The maximum absolute atomic E-state index is 13.3. The minimum Gasteiger partial charge on any atom is -0.495 e. The summed E-state index contributed by atoms with van der Waals surface area (Å²) in [6.07, 6.45) is 0. The summed E-state index contributed by atoms with van der Waals surface area (Å²) in [4.78, 5) is 30.3. The highest BCUT2D eigenvalue weighted by Gasteiger charge is 2.15. The molecule has 0 aliphatic heterocycles. The second-order valence-corrected chi connectivity index (χ2v) is 7.91. The van der Waals surface area contributed by atoms with Crippen LogP contribution in [0.15, 0.2) is 82.7 Å². The van der Waals surface area contributed by atoms with Gasteiger partial charge in [0, 0.05) is 0 Å². The number of rotatable bonds is 7. The number of carbonyl (C=O) groups is 1. The molecular formula is C24H20FN3O3S. The number of halogens is 1. The third kappa shape index (κ3) is 4.81. The van der Waals surface area contributed by atoms with E-state index in [9.17, 15) is 14.0 Å². The fourth-order valence-electron chi connectivity index (χ4n) is 3.23. The number of nitrogens with zero attached hydrogens (tertiary/aromatic N) is 2. The molecule has 0 spiro atoms. The topological polar surface area (TPSA) is 73.2 Å². The van der Waals surface area contributed by atoms with Crippen molar-refractivity contribution >= 4 is 34.3 Å². The van der Waals surface area contributed by atoms with E-state index >= 15 is 0 Å². The number of nitrogens with one attached hydrogen (secondary N) is 1. The third-order valence-electron chi connectivity index (χ3n) is 4.79. The number of hydrogen-bond donors (Lipinski definition) is 1. The molecule has 4 aromatic rings. The number of para-hydroxylation sites is 3. The lowest BCUT2D eigenvalue weighted by molar-refractivity contribution is -0.113. The smallest absolute Gasteiger partial charge is 0.262 e. The van der Waals surface area contributed by atoms with Crippen LogP contribution in [0.5, 0.6) is 5.75 Å². The summed E-state index contributed by atoms with van der Waals surface area (Å²) in [6.45, 7) is 0.216. The summed E-state index contributed by atoms with van der Waals surface area (Å²) < 4.78 is 20.1. The van der Waals surface area contributed by atoms with E-state index in [1.165, 1.54) is 23.8 Å². The molecule has 8 heteroatoms. The molecule has 4 rings (SSSR count). The first kappa shape index (κ1) is 21.6. The number of ether oxygens (including phenoxy) is 1. The molecule has 0 atom stereocenters. The minimum absolute atomic E-state index is 0.0479. The predicted molar refractivity (Wildman–Crippen MR) is 124 cm³/mol. The Kier molecular flexibility index (Phi) is 6.51. The van der Waals surface area contributed by atoms with E-state index in [2.05, 4.69) is 10.3 Å². The van der Waals surface area contributed by atoms with E-state index in [1.54, 1.807) is 48.5 Å². The van der Waals surface area contributed by atoms with Crippen LogP contribution in [0, 0.1) is 5.82 Å². The molecule has 0 unspecified atom stereocenters. The molecule has 3 aromatic carbocycles. The van der Waals surface area contributed by atoms with Crippen molar-refractivity contribution in [2.45, 2.75) is 11.7 Å². The Morgan fingerprint density at radius 1 is 1.06 bits per heavy atom. The first-order chi connectivity index (χ1) is 15.5. The first-order valence-electron chi connectivity index (χ1n) is 9.85. The van der Waals surface area contributed by atoms with E-state index in [0.29, 0.717) is 27.5 Å². The van der Waals surface area contributed by atoms with Gasteiger partial charge in [-0.2, -0.15) is 0 Å². The van der Waals surface area contributed by atoms with Crippen molar-refractivity contribution in [2.75, 3.05) is 18.2 Å². The molecule has 0 aliphatic carbocycles. The summed E-state index contributed by atoms with van der Waals surface area (Å²) in [5.74, 6) is 0.00479. The summed E-state index contributed by atoms with van der Waals surface area (Å²) in [5.41, 5.74) is 1.66. The number of fused-ring (bicyclic) bond motifs is 1. The van der Waals surface area contributed by atoms with Gasteiger partial charge in [0.2, 0.25) is 5.91 Å². The fourth-order valence-corrected chi connectivity index (χ4v) is 4.03. The molecule has 0 saturated carbocycles. The molecule has 1 N–H and O–H groups in total. The second-order valence-electron chi connectivity index (χ2n) is 6.97. The van der Waals surface area contributed by atoms with E-state index in [1.807, 2.05) is 12.1 Å². The Bertz CT molecular complexity index is 1320. The monoisotopic (exact) mass is 449 g/mol. The van der Waals surface area contributed by atoms with Crippen LogP contribution >= 0.6 is 11.8 Å². The Labute approximate surface area is 188 Å². The van der Waals surface area contributed by atoms with Crippen molar-refractivity contribution in [1.29, 1.82) is 0 Å². The van der Waals surface area contributed by atoms with E-state index in [-0.39, 0.29) is 29.6 Å². The number of amides is 1. The molecule has 6 nitrogen and oxygen atoms in total. The zero-order valence-corrected chi connectivity index (χ0v) is 18.1. The van der Waals surface area contributed by atoms with Crippen LogP contribution in [-0.4, -0.2) is 28.3 Å². The van der Waals surface area contributed by atoms with Gasteiger partial charge in [0.05, 0.1) is 36.0 Å². The number of anilines is 1. The second kappa shape index (κ2) is 9.65. The molecule has 1 aromatic heterocycles. The van der Waals surface area contributed by atoms with Crippen LogP contribution in [0.3, 0.4) is 0 Å². The molecule has 0 saturated heterocycles. The molecule has 1 heterocycles. The van der Waals surface area contributed by atoms with Gasteiger partial charge in [0.15, 0.2) is 5.16 Å². The van der Waals surface area contributed by atoms with Crippen molar-refractivity contribution in [1.82, 2.24) is 9.55 Å². The van der Waals surface area contributed by atoms with Crippen molar-refractivity contribution < 1.29 is 13.9 Å². The molecule has 0 fully saturated rings. The lowest BCUT2D eigenvalue weighted by Crippen LogP contribution is -2.25. The molecule has 32 heavy (non-hydrogen) atoms. The van der Waals surface area contributed by atoms with Gasteiger partial charge in [0.1, 0.15) is 11.6 Å². The number of carbonyl (C=O) groups excluding carboxylic acids is 1. The normalized spacial score (nSPS) is 10.8. The minimum atomic E-state index is -0.347. The van der Waals surface area contributed by atoms with Gasteiger partial charge in [-0.1, -0.05) is 48.2 Å². The number of hydrogen-bond acceptors (Lipinski definition) is 5. The van der Waals surface area contributed by atoms with Gasteiger partial charge in [-0.25, -0.2) is 9.37 Å². The molecule has 0 radical (unpaired) electrons. The Hall–Kier alpha value is -3.65. The van der Waals surface area contributed by atoms with E-state index in [0.717, 1.165) is 17.3 Å². The van der Waals surface area contributed by atoms with Crippen molar-refractivity contribution in [3.63, 3.8) is 0 Å². The van der Waals surface area contributed by atoms with Crippen LogP contribution in [-0.2, 0) is 11.3 Å². The van der Waals surface area contributed by atoms with Crippen LogP contribution in [0.25, 0.3) is 10.9 Å². The zero-order valence-electron chi connectivity index (χ0n) is 17.2. The number of methoxy groups -OCH3 is 1. The highest BCUT2D eigenvalue weighted by molar-refractivity contribution is 7.99. The zero-order chi connectivity index (χ0) is 22.5. The average molecular weight is 450 g/mol. The maximum atomic E-state index is 13.3. The number of thioether (sulfide) groups is 1. The largest absolute Gasteiger partial charge is 0.495 e. The molecular weight excluding hydrogens is 429 g/mol. The van der Waals surface area contributed by atoms with Crippen LogP contribution in [0.2, 0.25) is 0 Å². The van der Waals surface area contributed by atoms with Crippen molar-refractivity contribution in [3.8, 4) is 5.75 Å². The average Bonchev–Trinajstić information content (AvgIpc) is 2.81. The maximum Gasteiger partial charge on any atom is 0.262 e. The summed E-state index contributed by atoms with van der Waals surface area (Å²) in [6, 6.07) is 20.1. The number of benzene rings is 3. The Morgan fingerprint density at radius 3 is 2.56 bits per heavy atom. The molecule has 162 valence electrons. The van der Waals surface area contributed by atoms with Crippen molar-refractivity contribution in [3.05, 3.63) is 94.5 Å². The Morgan fingerprint density at radius 2 is 1.78 bits per heavy atom. The first-order valence-corrected chi connectivity index (χ1v) is 10.8. The van der Waals surface area contributed by atoms with Gasteiger partial charge in [-0.3, -0.25) is 14.2 Å². The highest BCUT2D eigenvalue weighted by Crippen LogP contribution is 2.24. The van der Waals surface area contributed by atoms with E-state index in [4.69, 9.17) is 4.74 Å². The van der Waals surface area contributed by atoms with E-state index < -0.39 is 0 Å².